The number of hydrogen-bond donors (Lipinski definition) is 1. The first-order valence-electron chi connectivity index (χ1n) is 4.48. The van der Waals surface area contributed by atoms with Crippen LogP contribution in [0.5, 0.6) is 5.75 Å². The molecule has 80 valence electrons. The molecule has 0 spiro atoms. The molecule has 1 atom stereocenters. The normalized spacial score (nSPS) is 19.1. The smallest absolute Gasteiger partial charge is 0.369 e. The maximum atomic E-state index is 10.5. The zero-order chi connectivity index (χ0) is 10.8. The number of fused-ring (bicyclic) bond motifs is 1. The number of carbonyl (C=O) groups is 1. The van der Waals surface area contributed by atoms with Crippen molar-refractivity contribution in [3.05, 3.63) is 23.8 Å². The Morgan fingerprint density at radius 3 is 3.13 bits per heavy atom. The number of benzene rings is 1. The second-order valence-corrected chi connectivity index (χ2v) is 4.72. The number of rotatable bonds is 1. The average molecular weight is 245 g/mol. The second kappa shape index (κ2) is 4.33. The Morgan fingerprint density at radius 1 is 1.60 bits per heavy atom. The molecule has 15 heavy (non-hydrogen) atoms. The van der Waals surface area contributed by atoms with Crippen molar-refractivity contribution in [2.45, 2.75) is 16.7 Å². The Hall–Kier alpha value is -0.870. The van der Waals surface area contributed by atoms with Gasteiger partial charge in [0.05, 0.1) is 12.0 Å². The lowest BCUT2D eigenvalue weighted by atomic mass is 10.1. The lowest BCUT2D eigenvalue weighted by Gasteiger charge is -2.21. The van der Waals surface area contributed by atoms with Crippen LogP contribution in [0.1, 0.15) is 17.4 Å². The maximum Gasteiger partial charge on any atom is 0.369 e. The number of hydrogen-bond acceptors (Lipinski definition) is 3. The molecule has 0 aliphatic carbocycles. The Labute approximate surface area is 96.4 Å². The SMILES string of the molecule is O=C(O)Sc1ccc2c(c1)C(Cl)CCO2. The minimum atomic E-state index is -0.919. The van der Waals surface area contributed by atoms with Crippen LogP contribution in [-0.2, 0) is 0 Å². The van der Waals surface area contributed by atoms with Crippen molar-refractivity contribution in [2.24, 2.45) is 0 Å². The van der Waals surface area contributed by atoms with Gasteiger partial charge in [0.15, 0.2) is 0 Å². The van der Waals surface area contributed by atoms with Crippen molar-refractivity contribution in [3.63, 3.8) is 0 Å². The van der Waals surface area contributed by atoms with Gasteiger partial charge in [-0.3, -0.25) is 0 Å². The topological polar surface area (TPSA) is 46.5 Å². The van der Waals surface area contributed by atoms with E-state index in [0.717, 1.165) is 29.5 Å². The van der Waals surface area contributed by atoms with Gasteiger partial charge < -0.3 is 9.84 Å². The minimum Gasteiger partial charge on any atom is -0.493 e. The van der Waals surface area contributed by atoms with Gasteiger partial charge in [0.1, 0.15) is 5.75 Å². The van der Waals surface area contributed by atoms with E-state index >= 15 is 0 Å². The summed E-state index contributed by atoms with van der Waals surface area (Å²) in [6.45, 7) is 0.618. The van der Waals surface area contributed by atoms with E-state index in [9.17, 15) is 4.79 Å². The van der Waals surface area contributed by atoms with Crippen LogP contribution >= 0.6 is 23.4 Å². The van der Waals surface area contributed by atoms with Gasteiger partial charge in [-0.05, 0) is 30.0 Å². The van der Waals surface area contributed by atoms with E-state index < -0.39 is 5.30 Å². The van der Waals surface area contributed by atoms with Crippen molar-refractivity contribution in [2.75, 3.05) is 6.61 Å². The molecule has 1 aliphatic heterocycles. The third-order valence-corrected chi connectivity index (χ3v) is 3.27. The van der Waals surface area contributed by atoms with E-state index in [4.69, 9.17) is 21.4 Å². The summed E-state index contributed by atoms with van der Waals surface area (Å²) in [6, 6.07) is 5.28. The molecule has 0 saturated heterocycles. The molecule has 1 aromatic rings. The van der Waals surface area contributed by atoms with E-state index in [1.165, 1.54) is 0 Å². The van der Waals surface area contributed by atoms with Crippen molar-refractivity contribution < 1.29 is 14.6 Å². The van der Waals surface area contributed by atoms with E-state index in [1.54, 1.807) is 18.2 Å². The highest BCUT2D eigenvalue weighted by molar-refractivity contribution is 8.13. The number of thioether (sulfide) groups is 1. The molecule has 0 bridgehead atoms. The molecule has 0 fully saturated rings. The van der Waals surface area contributed by atoms with Gasteiger partial charge in [-0.2, -0.15) is 0 Å². The van der Waals surface area contributed by atoms with Gasteiger partial charge in [0, 0.05) is 16.9 Å². The molecule has 1 aromatic carbocycles. The van der Waals surface area contributed by atoms with Crippen LogP contribution in [0.15, 0.2) is 23.1 Å². The fourth-order valence-electron chi connectivity index (χ4n) is 1.49. The molecular formula is C10H9ClO3S. The molecule has 1 heterocycles. The molecule has 1 N–H and O–H groups in total. The lowest BCUT2D eigenvalue weighted by molar-refractivity contribution is 0.222. The van der Waals surface area contributed by atoms with Crippen molar-refractivity contribution in [1.82, 2.24) is 0 Å². The monoisotopic (exact) mass is 244 g/mol. The van der Waals surface area contributed by atoms with Crippen LogP contribution in [-0.4, -0.2) is 17.0 Å². The van der Waals surface area contributed by atoms with E-state index in [-0.39, 0.29) is 5.38 Å². The van der Waals surface area contributed by atoms with E-state index in [1.807, 2.05) is 0 Å². The maximum absolute atomic E-state index is 10.5. The highest BCUT2D eigenvalue weighted by Crippen LogP contribution is 2.38. The number of carboxylic acid groups (broad SMARTS) is 1. The Morgan fingerprint density at radius 2 is 2.40 bits per heavy atom. The summed E-state index contributed by atoms with van der Waals surface area (Å²) in [5.41, 5.74) is 0.883. The van der Waals surface area contributed by atoms with E-state index in [2.05, 4.69) is 0 Å². The first-order chi connectivity index (χ1) is 7.16. The largest absolute Gasteiger partial charge is 0.493 e. The van der Waals surface area contributed by atoms with Crippen LogP contribution in [0.2, 0.25) is 0 Å². The predicted octanol–water partition coefficient (Wildman–Crippen LogP) is 3.52. The average Bonchev–Trinajstić information content (AvgIpc) is 2.18. The predicted molar refractivity (Wildman–Crippen MR) is 59.0 cm³/mol. The molecule has 5 heteroatoms. The summed E-state index contributed by atoms with van der Waals surface area (Å²) in [4.78, 5) is 11.2. The lowest BCUT2D eigenvalue weighted by Crippen LogP contribution is -2.10. The van der Waals surface area contributed by atoms with Gasteiger partial charge in [0.2, 0.25) is 0 Å². The Balaban J connectivity index is 2.31. The second-order valence-electron chi connectivity index (χ2n) is 3.17. The van der Waals surface area contributed by atoms with Gasteiger partial charge in [-0.15, -0.1) is 11.6 Å². The summed E-state index contributed by atoms with van der Waals surface area (Å²) < 4.78 is 5.41. The fourth-order valence-corrected chi connectivity index (χ4v) is 2.28. The van der Waals surface area contributed by atoms with Crippen LogP contribution in [0.25, 0.3) is 0 Å². The molecule has 0 radical (unpaired) electrons. The van der Waals surface area contributed by atoms with Crippen molar-refractivity contribution >= 4 is 28.7 Å². The summed E-state index contributed by atoms with van der Waals surface area (Å²) in [6.07, 6.45) is 0.760. The number of halogens is 1. The zero-order valence-corrected chi connectivity index (χ0v) is 9.35. The highest BCUT2D eigenvalue weighted by atomic mass is 35.5. The molecule has 3 nitrogen and oxygen atoms in total. The standard InChI is InChI=1S/C10H9ClO3S/c11-8-3-4-14-9-2-1-6(5-7(8)9)15-10(12)13/h1-2,5,8H,3-4H2,(H,12,13). The number of ether oxygens (including phenoxy) is 1. The molecule has 0 saturated carbocycles. The molecule has 2 rings (SSSR count). The summed E-state index contributed by atoms with van der Waals surface area (Å²) in [5, 5.41) is 7.64. The summed E-state index contributed by atoms with van der Waals surface area (Å²) in [7, 11) is 0. The molecule has 1 unspecified atom stereocenters. The van der Waals surface area contributed by atoms with Gasteiger partial charge in [-0.25, -0.2) is 4.79 Å². The van der Waals surface area contributed by atoms with Crippen LogP contribution < -0.4 is 4.74 Å². The third-order valence-electron chi connectivity index (χ3n) is 2.15. The van der Waals surface area contributed by atoms with E-state index in [0.29, 0.717) is 11.5 Å². The summed E-state index contributed by atoms with van der Waals surface area (Å²) >= 11 is 6.89. The molecule has 0 amide bonds. The quantitative estimate of drug-likeness (QED) is 0.607. The zero-order valence-electron chi connectivity index (χ0n) is 7.77. The first kappa shape index (κ1) is 10.6. The minimum absolute atomic E-state index is 0.0805. The third kappa shape index (κ3) is 2.38. The van der Waals surface area contributed by atoms with Crippen molar-refractivity contribution in [3.8, 4) is 5.75 Å². The highest BCUT2D eigenvalue weighted by Gasteiger charge is 2.20. The van der Waals surface area contributed by atoms with Gasteiger partial charge in [-0.1, -0.05) is 0 Å². The number of alkyl halides is 1. The fraction of sp³-hybridized carbons (Fsp3) is 0.300. The van der Waals surface area contributed by atoms with Gasteiger partial charge >= 0.3 is 5.30 Å². The Kier molecular flexibility index (Phi) is 3.07. The van der Waals surface area contributed by atoms with Crippen LogP contribution in [0, 0.1) is 0 Å². The molecule has 1 aliphatic rings. The van der Waals surface area contributed by atoms with Gasteiger partial charge in [0.25, 0.3) is 0 Å². The van der Waals surface area contributed by atoms with Crippen molar-refractivity contribution in [1.29, 1.82) is 0 Å². The first-order valence-corrected chi connectivity index (χ1v) is 5.73. The molecule has 0 aromatic heterocycles. The van der Waals surface area contributed by atoms with Crippen LogP contribution in [0.3, 0.4) is 0 Å². The van der Waals surface area contributed by atoms with Crippen LogP contribution in [0.4, 0.5) is 4.79 Å². The molecular weight excluding hydrogens is 236 g/mol. The Bertz CT molecular complexity index is 394. The summed E-state index contributed by atoms with van der Waals surface area (Å²) in [5.74, 6) is 0.760.